The zero-order chi connectivity index (χ0) is 9.52. The number of hydrogen-bond donors (Lipinski definition) is 2. The lowest BCUT2D eigenvalue weighted by atomic mass is 10.2. The third kappa shape index (κ3) is 3.64. The molecule has 0 bridgehead atoms. The minimum Gasteiger partial charge on any atom is -0.450 e. The van der Waals surface area contributed by atoms with Crippen LogP contribution in [0.4, 0.5) is 4.79 Å². The van der Waals surface area contributed by atoms with Crippen LogP contribution in [0.2, 0.25) is 0 Å². The van der Waals surface area contributed by atoms with E-state index in [9.17, 15) is 4.79 Å². The second-order valence-electron chi connectivity index (χ2n) is 2.62. The molecule has 72 valence electrons. The van der Waals surface area contributed by atoms with Crippen molar-refractivity contribution in [2.75, 3.05) is 13.2 Å². The van der Waals surface area contributed by atoms with Gasteiger partial charge in [-0.15, -0.1) is 0 Å². The number of amides is 1. The lowest BCUT2D eigenvalue weighted by Gasteiger charge is -2.03. The van der Waals surface area contributed by atoms with Crippen molar-refractivity contribution in [3.63, 3.8) is 0 Å². The van der Waals surface area contributed by atoms with Crippen LogP contribution < -0.4 is 5.32 Å². The summed E-state index contributed by atoms with van der Waals surface area (Å²) in [6.45, 7) is 2.80. The van der Waals surface area contributed by atoms with E-state index >= 15 is 0 Å². The average Bonchev–Trinajstić information content (AvgIpc) is 2.57. The first kappa shape index (κ1) is 9.64. The minimum atomic E-state index is -0.349. The van der Waals surface area contributed by atoms with Crippen molar-refractivity contribution in [1.82, 2.24) is 10.3 Å². The molecule has 0 spiro atoms. The largest absolute Gasteiger partial charge is 0.450 e. The van der Waals surface area contributed by atoms with E-state index in [1.807, 2.05) is 18.5 Å². The van der Waals surface area contributed by atoms with Crippen molar-refractivity contribution >= 4 is 6.09 Å². The monoisotopic (exact) mass is 182 g/mol. The van der Waals surface area contributed by atoms with Crippen molar-refractivity contribution < 1.29 is 9.53 Å². The van der Waals surface area contributed by atoms with Gasteiger partial charge < -0.3 is 15.0 Å². The quantitative estimate of drug-likeness (QED) is 0.737. The van der Waals surface area contributed by atoms with Crippen LogP contribution in [0.15, 0.2) is 18.5 Å². The number of carbonyl (C=O) groups excluding carboxylic acids is 1. The van der Waals surface area contributed by atoms with Crippen LogP contribution in [0.3, 0.4) is 0 Å². The molecule has 0 unspecified atom stereocenters. The van der Waals surface area contributed by atoms with Crippen LogP contribution in [0.1, 0.15) is 12.5 Å². The third-order valence-electron chi connectivity index (χ3n) is 1.62. The lowest BCUT2D eigenvalue weighted by Crippen LogP contribution is -2.26. The van der Waals surface area contributed by atoms with Gasteiger partial charge in [-0.25, -0.2) is 4.79 Å². The summed E-state index contributed by atoms with van der Waals surface area (Å²) in [5, 5.41) is 2.65. The highest BCUT2D eigenvalue weighted by Crippen LogP contribution is 1.95. The van der Waals surface area contributed by atoms with E-state index in [2.05, 4.69) is 10.3 Å². The highest BCUT2D eigenvalue weighted by Gasteiger charge is 1.98. The van der Waals surface area contributed by atoms with Gasteiger partial charge in [0.1, 0.15) is 0 Å². The number of carbonyl (C=O) groups is 1. The number of H-pyrrole nitrogens is 1. The topological polar surface area (TPSA) is 54.1 Å². The van der Waals surface area contributed by atoms with Gasteiger partial charge in [0.15, 0.2) is 0 Å². The van der Waals surface area contributed by atoms with Crippen LogP contribution in [0.5, 0.6) is 0 Å². The number of aromatic amines is 1. The fraction of sp³-hybridized carbons (Fsp3) is 0.444. The van der Waals surface area contributed by atoms with Crippen LogP contribution in [-0.2, 0) is 11.2 Å². The molecule has 0 fully saturated rings. The maximum absolute atomic E-state index is 10.8. The first-order valence-corrected chi connectivity index (χ1v) is 4.35. The molecule has 0 radical (unpaired) electrons. The minimum absolute atomic E-state index is 0.349. The molecule has 0 aliphatic carbocycles. The van der Waals surface area contributed by atoms with Gasteiger partial charge in [-0.3, -0.25) is 0 Å². The molecule has 1 rings (SSSR count). The molecule has 0 saturated heterocycles. The molecule has 4 heteroatoms. The van der Waals surface area contributed by atoms with E-state index in [4.69, 9.17) is 4.74 Å². The van der Waals surface area contributed by atoms with Crippen molar-refractivity contribution in [1.29, 1.82) is 0 Å². The number of aromatic nitrogens is 1. The van der Waals surface area contributed by atoms with Crippen LogP contribution in [-0.4, -0.2) is 24.2 Å². The summed E-state index contributed by atoms with van der Waals surface area (Å²) in [7, 11) is 0. The van der Waals surface area contributed by atoms with Gasteiger partial charge in [0.2, 0.25) is 0 Å². The highest BCUT2D eigenvalue weighted by atomic mass is 16.5. The predicted molar refractivity (Wildman–Crippen MR) is 49.5 cm³/mol. The zero-order valence-corrected chi connectivity index (χ0v) is 7.67. The molecule has 2 N–H and O–H groups in total. The molecular formula is C9H14N2O2. The van der Waals surface area contributed by atoms with Crippen LogP contribution >= 0.6 is 0 Å². The molecule has 13 heavy (non-hydrogen) atoms. The van der Waals surface area contributed by atoms with Crippen molar-refractivity contribution in [2.45, 2.75) is 13.3 Å². The summed E-state index contributed by atoms with van der Waals surface area (Å²) in [5.41, 5.74) is 1.18. The van der Waals surface area contributed by atoms with Gasteiger partial charge in [-0.1, -0.05) is 0 Å². The molecule has 1 amide bonds. The van der Waals surface area contributed by atoms with Gasteiger partial charge in [-0.05, 0) is 25.0 Å². The number of alkyl carbamates (subject to hydrolysis) is 1. The number of ether oxygens (including phenoxy) is 1. The number of rotatable bonds is 4. The standard InChI is InChI=1S/C9H14N2O2/c1-2-13-9(12)11-6-4-8-3-5-10-7-8/h3,5,7,10H,2,4,6H2,1H3,(H,11,12). The van der Waals surface area contributed by atoms with Crippen LogP contribution in [0, 0.1) is 0 Å². The molecule has 0 saturated carbocycles. The van der Waals surface area contributed by atoms with E-state index in [0.29, 0.717) is 13.2 Å². The Balaban J connectivity index is 2.11. The zero-order valence-electron chi connectivity index (χ0n) is 7.67. The van der Waals surface area contributed by atoms with Crippen molar-refractivity contribution in [3.05, 3.63) is 24.0 Å². The van der Waals surface area contributed by atoms with Gasteiger partial charge in [0.25, 0.3) is 0 Å². The molecule has 0 aliphatic rings. The summed E-state index contributed by atoms with van der Waals surface area (Å²) in [6.07, 6.45) is 4.24. The summed E-state index contributed by atoms with van der Waals surface area (Å²) < 4.78 is 4.70. The van der Waals surface area contributed by atoms with Crippen LogP contribution in [0.25, 0.3) is 0 Å². The van der Waals surface area contributed by atoms with Crippen molar-refractivity contribution in [2.24, 2.45) is 0 Å². The Morgan fingerprint density at radius 2 is 2.54 bits per heavy atom. The van der Waals surface area contributed by atoms with E-state index in [1.54, 1.807) is 6.92 Å². The van der Waals surface area contributed by atoms with Gasteiger partial charge in [-0.2, -0.15) is 0 Å². The van der Waals surface area contributed by atoms with E-state index in [1.165, 1.54) is 5.56 Å². The smallest absolute Gasteiger partial charge is 0.407 e. The summed E-state index contributed by atoms with van der Waals surface area (Å²) >= 11 is 0. The Kier molecular flexibility index (Phi) is 3.88. The second kappa shape index (κ2) is 5.24. The Morgan fingerprint density at radius 3 is 3.15 bits per heavy atom. The fourth-order valence-corrected chi connectivity index (χ4v) is 1.00. The molecule has 0 aromatic carbocycles. The van der Waals surface area contributed by atoms with E-state index < -0.39 is 0 Å². The summed E-state index contributed by atoms with van der Waals surface area (Å²) in [6, 6.07) is 1.98. The number of hydrogen-bond acceptors (Lipinski definition) is 2. The molecule has 0 aliphatic heterocycles. The lowest BCUT2D eigenvalue weighted by molar-refractivity contribution is 0.152. The Bertz CT molecular complexity index is 244. The van der Waals surface area contributed by atoms with Gasteiger partial charge in [0, 0.05) is 18.9 Å². The second-order valence-corrected chi connectivity index (χ2v) is 2.62. The third-order valence-corrected chi connectivity index (χ3v) is 1.62. The maximum Gasteiger partial charge on any atom is 0.407 e. The van der Waals surface area contributed by atoms with Gasteiger partial charge in [0.05, 0.1) is 6.61 Å². The average molecular weight is 182 g/mol. The first-order chi connectivity index (χ1) is 6.33. The Labute approximate surface area is 77.3 Å². The molecule has 1 aromatic rings. The summed E-state index contributed by atoms with van der Waals surface area (Å²) in [5.74, 6) is 0. The van der Waals surface area contributed by atoms with Gasteiger partial charge >= 0.3 is 6.09 Å². The normalized spacial score (nSPS) is 9.62. The maximum atomic E-state index is 10.8. The van der Waals surface area contributed by atoms with Crippen molar-refractivity contribution in [3.8, 4) is 0 Å². The Hall–Kier alpha value is -1.45. The SMILES string of the molecule is CCOC(=O)NCCc1cc[nH]c1. The highest BCUT2D eigenvalue weighted by molar-refractivity contribution is 5.66. The molecule has 0 atom stereocenters. The first-order valence-electron chi connectivity index (χ1n) is 4.35. The molecular weight excluding hydrogens is 168 g/mol. The summed E-state index contributed by atoms with van der Waals surface area (Å²) in [4.78, 5) is 13.8. The fourth-order valence-electron chi connectivity index (χ4n) is 1.00. The predicted octanol–water partition coefficient (Wildman–Crippen LogP) is 1.30. The Morgan fingerprint density at radius 1 is 1.69 bits per heavy atom. The van der Waals surface area contributed by atoms with E-state index in [0.717, 1.165) is 6.42 Å². The molecule has 1 aromatic heterocycles. The number of nitrogens with one attached hydrogen (secondary N) is 2. The van der Waals surface area contributed by atoms with E-state index in [-0.39, 0.29) is 6.09 Å². The molecule has 4 nitrogen and oxygen atoms in total. The molecule has 1 heterocycles.